The van der Waals surface area contributed by atoms with E-state index in [1.807, 2.05) is 48.1 Å². The number of carbonyl (C=O) groups is 1. The van der Waals surface area contributed by atoms with Gasteiger partial charge in [0.05, 0.1) is 22.8 Å². The van der Waals surface area contributed by atoms with Crippen molar-refractivity contribution in [3.63, 3.8) is 0 Å². The molecule has 0 spiro atoms. The van der Waals surface area contributed by atoms with Gasteiger partial charge in [-0.3, -0.25) is 4.79 Å². The molecule has 0 radical (unpaired) electrons. The number of aromatic nitrogens is 3. The first-order chi connectivity index (χ1) is 13.8. The molecule has 0 bridgehead atoms. The highest BCUT2D eigenvalue weighted by molar-refractivity contribution is 6.06. The number of pyridine rings is 1. The Morgan fingerprint density at radius 1 is 1.21 bits per heavy atom. The van der Waals surface area contributed by atoms with Crippen molar-refractivity contribution in [3.8, 4) is 0 Å². The second kappa shape index (κ2) is 8.39. The van der Waals surface area contributed by atoms with E-state index in [9.17, 15) is 4.79 Å². The van der Waals surface area contributed by atoms with Crippen LogP contribution in [0, 0.1) is 0 Å². The molecule has 7 heteroatoms. The van der Waals surface area contributed by atoms with Gasteiger partial charge in [-0.15, -0.1) is 0 Å². The number of amides is 1. The van der Waals surface area contributed by atoms with E-state index < -0.39 is 0 Å². The van der Waals surface area contributed by atoms with Crippen molar-refractivity contribution < 1.29 is 4.79 Å². The third kappa shape index (κ3) is 3.84. The summed E-state index contributed by atoms with van der Waals surface area (Å²) in [7, 11) is 0. The SMILES string of the molecule is CCn1ncc2c(NC3CCNCC3)c(C(=O)NCc3ccccc3)cnc21. The maximum atomic E-state index is 13.0. The predicted octanol–water partition coefficient (Wildman–Crippen LogP) is 2.55. The molecule has 1 aliphatic heterocycles. The number of carbonyl (C=O) groups excluding carboxylic acids is 1. The zero-order chi connectivity index (χ0) is 19.3. The van der Waals surface area contributed by atoms with Gasteiger partial charge in [-0.2, -0.15) is 5.10 Å². The van der Waals surface area contributed by atoms with Gasteiger partial charge < -0.3 is 16.0 Å². The molecule has 0 aliphatic carbocycles. The molecule has 1 amide bonds. The first-order valence-electron chi connectivity index (χ1n) is 9.90. The molecule has 28 heavy (non-hydrogen) atoms. The Labute approximate surface area is 164 Å². The lowest BCUT2D eigenvalue weighted by Crippen LogP contribution is -2.36. The lowest BCUT2D eigenvalue weighted by atomic mass is 10.0. The Morgan fingerprint density at radius 3 is 2.75 bits per heavy atom. The lowest BCUT2D eigenvalue weighted by Gasteiger charge is -2.26. The number of rotatable bonds is 6. The molecule has 1 aliphatic rings. The van der Waals surface area contributed by atoms with Crippen molar-refractivity contribution in [2.24, 2.45) is 0 Å². The van der Waals surface area contributed by atoms with Crippen LogP contribution in [0.25, 0.3) is 11.0 Å². The summed E-state index contributed by atoms with van der Waals surface area (Å²) in [5, 5.41) is 15.3. The van der Waals surface area contributed by atoms with Gasteiger partial charge >= 0.3 is 0 Å². The zero-order valence-corrected chi connectivity index (χ0v) is 16.1. The molecule has 3 N–H and O–H groups in total. The summed E-state index contributed by atoms with van der Waals surface area (Å²) >= 11 is 0. The largest absolute Gasteiger partial charge is 0.381 e. The van der Waals surface area contributed by atoms with E-state index in [1.54, 1.807) is 6.20 Å². The summed E-state index contributed by atoms with van der Waals surface area (Å²) in [6.07, 6.45) is 5.52. The fourth-order valence-corrected chi connectivity index (χ4v) is 3.63. The molecule has 3 heterocycles. The van der Waals surface area contributed by atoms with E-state index in [2.05, 4.69) is 26.0 Å². The maximum absolute atomic E-state index is 13.0. The number of piperidine rings is 1. The van der Waals surface area contributed by atoms with Crippen molar-refractivity contribution in [3.05, 3.63) is 53.9 Å². The minimum absolute atomic E-state index is 0.126. The number of nitrogens with zero attached hydrogens (tertiary/aromatic N) is 3. The fourth-order valence-electron chi connectivity index (χ4n) is 3.63. The summed E-state index contributed by atoms with van der Waals surface area (Å²) in [6.45, 7) is 5.22. The van der Waals surface area contributed by atoms with E-state index in [1.165, 1.54) is 0 Å². The molecule has 0 saturated carbocycles. The van der Waals surface area contributed by atoms with E-state index in [0.717, 1.165) is 54.8 Å². The third-order valence-corrected chi connectivity index (χ3v) is 5.19. The van der Waals surface area contributed by atoms with E-state index >= 15 is 0 Å². The summed E-state index contributed by atoms with van der Waals surface area (Å²) in [6, 6.07) is 10.2. The molecular weight excluding hydrogens is 352 g/mol. The molecule has 3 aromatic rings. The minimum atomic E-state index is -0.126. The van der Waals surface area contributed by atoms with Crippen LogP contribution in [0.5, 0.6) is 0 Å². The van der Waals surface area contributed by atoms with Gasteiger partial charge in [0.1, 0.15) is 0 Å². The number of fused-ring (bicyclic) bond motifs is 1. The van der Waals surface area contributed by atoms with Crippen LogP contribution >= 0.6 is 0 Å². The average molecular weight is 378 g/mol. The number of hydrogen-bond donors (Lipinski definition) is 3. The predicted molar refractivity (Wildman–Crippen MR) is 110 cm³/mol. The topological polar surface area (TPSA) is 83.9 Å². The minimum Gasteiger partial charge on any atom is -0.381 e. The normalized spacial score (nSPS) is 14.9. The molecule has 0 unspecified atom stereocenters. The number of nitrogens with one attached hydrogen (secondary N) is 3. The highest BCUT2D eigenvalue weighted by Gasteiger charge is 2.21. The number of aryl methyl sites for hydroxylation is 1. The van der Waals surface area contributed by atoms with Crippen LogP contribution in [0.4, 0.5) is 5.69 Å². The fraction of sp³-hybridized carbons (Fsp3) is 0.381. The molecule has 1 aromatic carbocycles. The second-order valence-corrected chi connectivity index (χ2v) is 7.08. The highest BCUT2D eigenvalue weighted by atomic mass is 16.1. The summed E-state index contributed by atoms with van der Waals surface area (Å²) < 4.78 is 1.86. The van der Waals surface area contributed by atoms with Crippen LogP contribution in [0.2, 0.25) is 0 Å². The van der Waals surface area contributed by atoms with Gasteiger partial charge in [-0.1, -0.05) is 30.3 Å². The van der Waals surface area contributed by atoms with E-state index in [-0.39, 0.29) is 5.91 Å². The number of anilines is 1. The van der Waals surface area contributed by atoms with Gasteiger partial charge in [0.25, 0.3) is 5.91 Å². The molecule has 0 atom stereocenters. The molecule has 1 fully saturated rings. The Balaban J connectivity index is 1.63. The van der Waals surface area contributed by atoms with Crippen molar-refractivity contribution in [1.29, 1.82) is 0 Å². The molecule has 2 aromatic heterocycles. The Morgan fingerprint density at radius 2 is 2.00 bits per heavy atom. The second-order valence-electron chi connectivity index (χ2n) is 7.08. The lowest BCUT2D eigenvalue weighted by molar-refractivity contribution is 0.0951. The van der Waals surface area contributed by atoms with Crippen LogP contribution in [0.3, 0.4) is 0 Å². The Bertz CT molecular complexity index is 946. The van der Waals surface area contributed by atoms with Crippen LogP contribution < -0.4 is 16.0 Å². The van der Waals surface area contributed by atoms with Gasteiger partial charge in [0, 0.05) is 25.3 Å². The molecule has 4 rings (SSSR count). The average Bonchev–Trinajstić information content (AvgIpc) is 3.17. The Hall–Kier alpha value is -2.93. The highest BCUT2D eigenvalue weighted by Crippen LogP contribution is 2.28. The zero-order valence-electron chi connectivity index (χ0n) is 16.1. The van der Waals surface area contributed by atoms with Gasteiger partial charge in [-0.05, 0) is 38.4 Å². The van der Waals surface area contributed by atoms with Gasteiger partial charge in [0.15, 0.2) is 5.65 Å². The Kier molecular flexibility index (Phi) is 5.53. The van der Waals surface area contributed by atoms with Crippen LogP contribution in [0.1, 0.15) is 35.7 Å². The molecule has 1 saturated heterocycles. The van der Waals surface area contributed by atoms with Crippen LogP contribution in [0.15, 0.2) is 42.7 Å². The smallest absolute Gasteiger partial charge is 0.255 e. The van der Waals surface area contributed by atoms with Gasteiger partial charge in [0.2, 0.25) is 0 Å². The number of hydrogen-bond acceptors (Lipinski definition) is 5. The van der Waals surface area contributed by atoms with Crippen LogP contribution in [-0.2, 0) is 13.1 Å². The summed E-state index contributed by atoms with van der Waals surface area (Å²) in [4.78, 5) is 17.5. The number of benzene rings is 1. The van der Waals surface area contributed by atoms with Gasteiger partial charge in [-0.25, -0.2) is 9.67 Å². The van der Waals surface area contributed by atoms with Crippen molar-refractivity contribution >= 4 is 22.6 Å². The van der Waals surface area contributed by atoms with Crippen molar-refractivity contribution in [2.45, 2.75) is 38.9 Å². The standard InChI is InChI=1S/C21H26N6O/c1-2-27-20-17(14-25-27)19(26-16-8-10-22-11-9-16)18(13-23-20)21(28)24-12-15-6-4-3-5-7-15/h3-7,13-14,16,22H,2,8-12H2,1H3,(H,23,26)(H,24,28). The van der Waals surface area contributed by atoms with Crippen LogP contribution in [-0.4, -0.2) is 39.8 Å². The summed E-state index contributed by atoms with van der Waals surface area (Å²) in [5.41, 5.74) is 3.27. The quantitative estimate of drug-likeness (QED) is 0.614. The van der Waals surface area contributed by atoms with Crippen molar-refractivity contribution in [2.75, 3.05) is 18.4 Å². The summed E-state index contributed by atoms with van der Waals surface area (Å²) in [5.74, 6) is -0.126. The monoisotopic (exact) mass is 378 g/mol. The molecular formula is C21H26N6O. The van der Waals surface area contributed by atoms with E-state index in [4.69, 9.17) is 0 Å². The van der Waals surface area contributed by atoms with E-state index in [0.29, 0.717) is 18.2 Å². The third-order valence-electron chi connectivity index (χ3n) is 5.19. The molecule has 146 valence electrons. The first-order valence-corrected chi connectivity index (χ1v) is 9.90. The van der Waals surface area contributed by atoms with Crippen molar-refractivity contribution in [1.82, 2.24) is 25.4 Å². The first kappa shape index (κ1) is 18.4. The molecule has 7 nitrogen and oxygen atoms in total. The maximum Gasteiger partial charge on any atom is 0.255 e.